The van der Waals surface area contributed by atoms with Crippen LogP contribution in [0.4, 0.5) is 0 Å². The molecule has 0 spiro atoms. The Hall–Kier alpha value is -1.86. The van der Waals surface area contributed by atoms with Gasteiger partial charge in [0, 0.05) is 25.7 Å². The van der Waals surface area contributed by atoms with Crippen molar-refractivity contribution < 1.29 is 13.2 Å². The number of aromatic amines is 1. The predicted octanol–water partition coefficient (Wildman–Crippen LogP) is 1.34. The fourth-order valence-electron chi connectivity index (χ4n) is 1.54. The molecule has 0 bridgehead atoms. The Labute approximate surface area is 112 Å². The molecule has 19 heavy (non-hydrogen) atoms. The third-order valence-electron chi connectivity index (χ3n) is 2.70. The van der Waals surface area contributed by atoms with Gasteiger partial charge < -0.3 is 4.74 Å². The maximum Gasteiger partial charge on any atom is 0.259 e. The summed E-state index contributed by atoms with van der Waals surface area (Å²) in [5.74, 6) is 0.737. The van der Waals surface area contributed by atoms with Gasteiger partial charge in [-0.05, 0) is 24.3 Å². The van der Waals surface area contributed by atoms with Crippen LogP contribution in [0.1, 0.15) is 0 Å². The van der Waals surface area contributed by atoms with Crippen molar-refractivity contribution in [3.05, 3.63) is 30.3 Å². The molecule has 0 aliphatic rings. The van der Waals surface area contributed by atoms with Crippen LogP contribution >= 0.6 is 0 Å². The van der Waals surface area contributed by atoms with Gasteiger partial charge in [0.05, 0.1) is 12.8 Å². The van der Waals surface area contributed by atoms with Crippen LogP contribution in [0.25, 0.3) is 11.3 Å². The van der Waals surface area contributed by atoms with Gasteiger partial charge in [-0.1, -0.05) is 0 Å². The number of rotatable bonds is 4. The zero-order valence-corrected chi connectivity index (χ0v) is 11.7. The Morgan fingerprint density at radius 2 is 1.84 bits per heavy atom. The first-order chi connectivity index (χ1) is 8.95. The lowest BCUT2D eigenvalue weighted by molar-refractivity contribution is 0.415. The number of hydrogen-bond donors (Lipinski definition) is 1. The normalized spacial score (nSPS) is 11.8. The standard InChI is InChI=1S/C12H15N3O3S/c1-15(2)19(16,17)12-8-11(13-14-12)9-4-6-10(18-3)7-5-9/h4-8H,1-3H3,(H,13,14). The Morgan fingerprint density at radius 3 is 2.37 bits per heavy atom. The molecule has 1 heterocycles. The maximum atomic E-state index is 11.9. The van der Waals surface area contributed by atoms with Gasteiger partial charge in [0.2, 0.25) is 0 Å². The molecule has 0 aliphatic heterocycles. The van der Waals surface area contributed by atoms with Gasteiger partial charge in [-0.15, -0.1) is 0 Å². The van der Waals surface area contributed by atoms with E-state index in [2.05, 4.69) is 10.2 Å². The van der Waals surface area contributed by atoms with Crippen molar-refractivity contribution in [1.82, 2.24) is 14.5 Å². The zero-order chi connectivity index (χ0) is 14.0. The fraction of sp³-hybridized carbons (Fsp3) is 0.250. The summed E-state index contributed by atoms with van der Waals surface area (Å²) in [6.07, 6.45) is 0. The quantitative estimate of drug-likeness (QED) is 0.917. The number of methoxy groups -OCH3 is 1. The second kappa shape index (κ2) is 5.02. The molecule has 6 nitrogen and oxygen atoms in total. The summed E-state index contributed by atoms with van der Waals surface area (Å²) >= 11 is 0. The minimum absolute atomic E-state index is 0.0725. The second-order valence-corrected chi connectivity index (χ2v) is 6.25. The van der Waals surface area contributed by atoms with Crippen molar-refractivity contribution in [2.45, 2.75) is 5.03 Å². The lowest BCUT2D eigenvalue weighted by atomic mass is 10.1. The van der Waals surface area contributed by atoms with E-state index in [1.807, 2.05) is 12.1 Å². The molecule has 1 aromatic carbocycles. The Kier molecular flexibility index (Phi) is 3.59. The summed E-state index contributed by atoms with van der Waals surface area (Å²) in [5.41, 5.74) is 1.39. The summed E-state index contributed by atoms with van der Waals surface area (Å²) in [4.78, 5) is 0. The first-order valence-electron chi connectivity index (χ1n) is 5.57. The molecule has 0 amide bonds. The van der Waals surface area contributed by atoms with Crippen molar-refractivity contribution in [3.63, 3.8) is 0 Å². The van der Waals surface area contributed by atoms with E-state index in [4.69, 9.17) is 4.74 Å². The summed E-state index contributed by atoms with van der Waals surface area (Å²) < 4.78 is 30.0. The van der Waals surface area contributed by atoms with Crippen LogP contribution in [0.5, 0.6) is 5.75 Å². The smallest absolute Gasteiger partial charge is 0.259 e. The van der Waals surface area contributed by atoms with Crippen LogP contribution in [0.3, 0.4) is 0 Å². The Bertz CT molecular complexity index is 660. The molecule has 1 aromatic heterocycles. The summed E-state index contributed by atoms with van der Waals surface area (Å²) in [5, 5.41) is 6.64. The molecule has 2 aromatic rings. The highest BCUT2D eigenvalue weighted by atomic mass is 32.2. The summed E-state index contributed by atoms with van der Waals surface area (Å²) in [7, 11) is 1.05. The van der Waals surface area contributed by atoms with Crippen molar-refractivity contribution in [1.29, 1.82) is 0 Å². The molecule has 0 saturated carbocycles. The third-order valence-corrected chi connectivity index (χ3v) is 4.43. The number of aromatic nitrogens is 2. The molecule has 102 valence electrons. The monoisotopic (exact) mass is 281 g/mol. The molecule has 2 rings (SSSR count). The van der Waals surface area contributed by atoms with E-state index in [-0.39, 0.29) is 5.03 Å². The van der Waals surface area contributed by atoms with Gasteiger partial charge in [-0.3, -0.25) is 5.10 Å². The second-order valence-electron chi connectivity index (χ2n) is 4.13. The SMILES string of the molecule is COc1ccc(-c2cc(S(=O)(=O)N(C)C)[nH]n2)cc1. The van der Waals surface area contributed by atoms with Crippen LogP contribution in [-0.2, 0) is 10.0 Å². The largest absolute Gasteiger partial charge is 0.497 e. The van der Waals surface area contributed by atoms with Crippen LogP contribution in [0.2, 0.25) is 0 Å². The molecule has 1 N–H and O–H groups in total. The van der Waals surface area contributed by atoms with E-state index in [0.29, 0.717) is 5.69 Å². The van der Waals surface area contributed by atoms with E-state index in [9.17, 15) is 8.42 Å². The molecule has 0 saturated heterocycles. The van der Waals surface area contributed by atoms with E-state index < -0.39 is 10.0 Å². The fourth-order valence-corrected chi connectivity index (χ4v) is 2.36. The lowest BCUT2D eigenvalue weighted by Gasteiger charge is -2.07. The minimum Gasteiger partial charge on any atom is -0.497 e. The summed E-state index contributed by atoms with van der Waals surface area (Å²) in [6.45, 7) is 0. The Balaban J connectivity index is 2.35. The average Bonchev–Trinajstić information content (AvgIpc) is 2.89. The van der Waals surface area contributed by atoms with E-state index in [1.54, 1.807) is 19.2 Å². The molecule has 0 atom stereocenters. The first kappa shape index (κ1) is 13.6. The van der Waals surface area contributed by atoms with E-state index in [1.165, 1.54) is 20.2 Å². The van der Waals surface area contributed by atoms with Gasteiger partial charge in [0.25, 0.3) is 10.0 Å². The molecule has 0 unspecified atom stereocenters. The highest BCUT2D eigenvalue weighted by Gasteiger charge is 2.20. The number of sulfonamides is 1. The van der Waals surface area contributed by atoms with E-state index >= 15 is 0 Å². The van der Waals surface area contributed by atoms with Gasteiger partial charge in [0.1, 0.15) is 5.75 Å². The molecule has 0 aliphatic carbocycles. The third kappa shape index (κ3) is 2.61. The van der Waals surface area contributed by atoms with Gasteiger partial charge in [-0.2, -0.15) is 5.10 Å². The maximum absolute atomic E-state index is 11.9. The van der Waals surface area contributed by atoms with Crippen LogP contribution in [-0.4, -0.2) is 44.1 Å². The first-order valence-corrected chi connectivity index (χ1v) is 7.01. The zero-order valence-electron chi connectivity index (χ0n) is 10.9. The Morgan fingerprint density at radius 1 is 1.21 bits per heavy atom. The number of benzene rings is 1. The molecule has 0 radical (unpaired) electrons. The molecular formula is C12H15N3O3S. The molecule has 0 fully saturated rings. The number of ether oxygens (including phenoxy) is 1. The number of H-pyrrole nitrogens is 1. The molecule has 7 heteroatoms. The molecular weight excluding hydrogens is 266 g/mol. The minimum atomic E-state index is -3.49. The summed E-state index contributed by atoms with van der Waals surface area (Å²) in [6, 6.07) is 8.74. The van der Waals surface area contributed by atoms with Crippen molar-refractivity contribution in [3.8, 4) is 17.0 Å². The topological polar surface area (TPSA) is 75.3 Å². The lowest BCUT2D eigenvalue weighted by Crippen LogP contribution is -2.22. The van der Waals surface area contributed by atoms with Gasteiger partial charge >= 0.3 is 0 Å². The van der Waals surface area contributed by atoms with Crippen molar-refractivity contribution >= 4 is 10.0 Å². The van der Waals surface area contributed by atoms with Crippen LogP contribution in [0, 0.1) is 0 Å². The number of nitrogens with zero attached hydrogens (tertiary/aromatic N) is 2. The predicted molar refractivity (Wildman–Crippen MR) is 71.4 cm³/mol. The van der Waals surface area contributed by atoms with Crippen LogP contribution in [0.15, 0.2) is 35.4 Å². The van der Waals surface area contributed by atoms with Crippen LogP contribution < -0.4 is 4.74 Å². The van der Waals surface area contributed by atoms with Gasteiger partial charge in [-0.25, -0.2) is 12.7 Å². The number of hydrogen-bond acceptors (Lipinski definition) is 4. The van der Waals surface area contributed by atoms with Gasteiger partial charge in [0.15, 0.2) is 5.03 Å². The van der Waals surface area contributed by atoms with Crippen molar-refractivity contribution in [2.24, 2.45) is 0 Å². The van der Waals surface area contributed by atoms with E-state index in [0.717, 1.165) is 15.6 Å². The van der Waals surface area contributed by atoms with Crippen molar-refractivity contribution in [2.75, 3.05) is 21.2 Å². The highest BCUT2D eigenvalue weighted by molar-refractivity contribution is 7.89. The highest BCUT2D eigenvalue weighted by Crippen LogP contribution is 2.23. The average molecular weight is 281 g/mol. The number of nitrogens with one attached hydrogen (secondary N) is 1.